The summed E-state index contributed by atoms with van der Waals surface area (Å²) in [5.74, 6) is 0.0618. The van der Waals surface area contributed by atoms with Crippen molar-refractivity contribution in [1.82, 2.24) is 15.0 Å². The molecule has 2 rings (SSSR count). The van der Waals surface area contributed by atoms with Crippen molar-refractivity contribution >= 4 is 27.5 Å². The summed E-state index contributed by atoms with van der Waals surface area (Å²) in [7, 11) is 0. The first-order chi connectivity index (χ1) is 5.77. The van der Waals surface area contributed by atoms with Crippen LogP contribution in [0.4, 0.5) is 0 Å². The molecular weight excluding hydrogens is 174 g/mol. The number of ketones is 1. The molecule has 0 unspecified atom stereocenters. The lowest BCUT2D eigenvalue weighted by molar-refractivity contribution is 0.100. The fraction of sp³-hybridized carbons (Fsp3) is 0.143. The van der Waals surface area contributed by atoms with Gasteiger partial charge in [0.25, 0.3) is 0 Å². The van der Waals surface area contributed by atoms with Gasteiger partial charge in [-0.05, 0) is 0 Å². The van der Waals surface area contributed by atoms with E-state index in [0.29, 0.717) is 5.65 Å². The van der Waals surface area contributed by atoms with E-state index in [0.717, 1.165) is 4.70 Å². The van der Waals surface area contributed by atoms with E-state index in [-0.39, 0.29) is 11.6 Å². The Hall–Kier alpha value is -1.36. The van der Waals surface area contributed by atoms with Crippen molar-refractivity contribution in [1.29, 1.82) is 0 Å². The molecule has 1 radical (unpaired) electrons. The van der Waals surface area contributed by atoms with Crippen LogP contribution in [-0.4, -0.2) is 20.7 Å². The fourth-order valence-electron chi connectivity index (χ4n) is 0.799. The van der Waals surface area contributed by atoms with Crippen LogP contribution in [0.3, 0.4) is 0 Å². The summed E-state index contributed by atoms with van der Waals surface area (Å²) < 4.78 is 0.847. The summed E-state index contributed by atoms with van der Waals surface area (Å²) >= 11 is 1.34. The second kappa shape index (κ2) is 2.60. The SMILES string of the molecule is CC(=O)c1ncc2s[c]nc2n1. The van der Waals surface area contributed by atoms with E-state index >= 15 is 0 Å². The van der Waals surface area contributed by atoms with Crippen LogP contribution in [0.1, 0.15) is 17.5 Å². The molecule has 0 aliphatic heterocycles. The number of Topliss-reactive ketones (excluding diaryl/α,β-unsaturated/α-hetero) is 1. The molecule has 0 N–H and O–H groups in total. The maximum atomic E-state index is 10.9. The molecule has 0 aliphatic rings. The highest BCUT2D eigenvalue weighted by atomic mass is 32.1. The molecule has 12 heavy (non-hydrogen) atoms. The van der Waals surface area contributed by atoms with Crippen LogP contribution in [0.5, 0.6) is 0 Å². The number of fused-ring (bicyclic) bond motifs is 1. The summed E-state index contributed by atoms with van der Waals surface area (Å²) in [5, 5.41) is 0. The molecule has 0 aromatic carbocycles. The third-order valence-corrected chi connectivity index (χ3v) is 2.05. The van der Waals surface area contributed by atoms with Crippen LogP contribution in [-0.2, 0) is 0 Å². The standard InChI is InChI=1S/C7H4N3OS/c1-4(11)6-8-2-5-7(10-6)9-3-12-5/h2H,1H3. The lowest BCUT2D eigenvalue weighted by Gasteiger charge is -1.90. The Morgan fingerprint density at radius 2 is 2.50 bits per heavy atom. The highest BCUT2D eigenvalue weighted by Crippen LogP contribution is 2.12. The number of thiazole rings is 1. The average Bonchev–Trinajstić information content (AvgIpc) is 2.49. The van der Waals surface area contributed by atoms with Gasteiger partial charge in [0.2, 0.25) is 0 Å². The van der Waals surface area contributed by atoms with Gasteiger partial charge in [0, 0.05) is 6.92 Å². The molecule has 0 saturated carbocycles. The largest absolute Gasteiger partial charge is 0.291 e. The molecular formula is C7H4N3OS. The number of hydrogen-bond acceptors (Lipinski definition) is 5. The van der Waals surface area contributed by atoms with E-state index in [1.165, 1.54) is 18.3 Å². The van der Waals surface area contributed by atoms with Crippen LogP contribution in [0, 0.1) is 5.51 Å². The monoisotopic (exact) mass is 178 g/mol. The normalized spacial score (nSPS) is 10.4. The molecule has 5 heteroatoms. The van der Waals surface area contributed by atoms with Crippen molar-refractivity contribution < 1.29 is 4.79 Å². The second-order valence-electron chi connectivity index (χ2n) is 2.24. The topological polar surface area (TPSA) is 55.7 Å². The van der Waals surface area contributed by atoms with Gasteiger partial charge in [0.15, 0.2) is 22.8 Å². The second-order valence-corrected chi connectivity index (χ2v) is 3.07. The van der Waals surface area contributed by atoms with Gasteiger partial charge >= 0.3 is 0 Å². The quantitative estimate of drug-likeness (QED) is 0.613. The Morgan fingerprint density at radius 3 is 3.25 bits per heavy atom. The van der Waals surface area contributed by atoms with Gasteiger partial charge in [-0.1, -0.05) is 0 Å². The van der Waals surface area contributed by atoms with Gasteiger partial charge in [-0.3, -0.25) is 4.79 Å². The van der Waals surface area contributed by atoms with E-state index in [4.69, 9.17) is 0 Å². The number of carbonyl (C=O) groups is 1. The van der Waals surface area contributed by atoms with Crippen molar-refractivity contribution in [2.75, 3.05) is 0 Å². The zero-order valence-electron chi connectivity index (χ0n) is 6.24. The number of nitrogens with zero attached hydrogens (tertiary/aromatic N) is 3. The van der Waals surface area contributed by atoms with E-state index in [1.807, 2.05) is 0 Å². The minimum atomic E-state index is -0.148. The molecule has 4 nitrogen and oxygen atoms in total. The predicted octanol–water partition coefficient (Wildman–Crippen LogP) is 1.09. The molecule has 0 bridgehead atoms. The number of aromatic nitrogens is 3. The first kappa shape index (κ1) is 7.30. The summed E-state index contributed by atoms with van der Waals surface area (Å²) in [5.41, 5.74) is 3.22. The van der Waals surface area contributed by atoms with Gasteiger partial charge in [-0.15, -0.1) is 11.3 Å². The average molecular weight is 178 g/mol. The van der Waals surface area contributed by atoms with Gasteiger partial charge in [-0.2, -0.15) is 0 Å². The van der Waals surface area contributed by atoms with Crippen LogP contribution in [0.25, 0.3) is 10.3 Å². The highest BCUT2D eigenvalue weighted by molar-refractivity contribution is 7.16. The van der Waals surface area contributed by atoms with Crippen LogP contribution in [0.15, 0.2) is 6.20 Å². The fourth-order valence-corrected chi connectivity index (χ4v) is 1.32. The molecule has 0 fully saturated rings. The first-order valence-corrected chi connectivity index (χ1v) is 4.09. The van der Waals surface area contributed by atoms with Crippen molar-refractivity contribution in [3.63, 3.8) is 0 Å². The molecule has 59 valence electrons. The van der Waals surface area contributed by atoms with Crippen LogP contribution in [0.2, 0.25) is 0 Å². The predicted molar refractivity (Wildman–Crippen MR) is 44.1 cm³/mol. The van der Waals surface area contributed by atoms with Crippen LogP contribution >= 0.6 is 11.3 Å². The van der Waals surface area contributed by atoms with Gasteiger partial charge in [0.1, 0.15) is 0 Å². The Bertz CT molecular complexity index is 437. The molecule has 2 aromatic rings. The smallest absolute Gasteiger partial charge is 0.197 e. The minimum Gasteiger partial charge on any atom is -0.291 e. The molecule has 0 saturated heterocycles. The van der Waals surface area contributed by atoms with Crippen molar-refractivity contribution in [2.45, 2.75) is 6.92 Å². The molecule has 0 aliphatic carbocycles. The molecule has 2 heterocycles. The number of hydrogen-bond donors (Lipinski definition) is 0. The zero-order valence-corrected chi connectivity index (χ0v) is 7.05. The summed E-state index contributed by atoms with van der Waals surface area (Å²) in [4.78, 5) is 22.5. The lowest BCUT2D eigenvalue weighted by Crippen LogP contribution is -1.99. The summed E-state index contributed by atoms with van der Waals surface area (Å²) in [6.45, 7) is 1.43. The van der Waals surface area contributed by atoms with Crippen molar-refractivity contribution in [3.05, 3.63) is 17.5 Å². The molecule has 0 amide bonds. The third kappa shape index (κ3) is 1.08. The van der Waals surface area contributed by atoms with Gasteiger partial charge in [0.05, 0.1) is 10.9 Å². The Labute approximate surface area is 72.3 Å². The van der Waals surface area contributed by atoms with E-state index in [2.05, 4.69) is 20.5 Å². The Morgan fingerprint density at radius 1 is 1.67 bits per heavy atom. The zero-order chi connectivity index (χ0) is 8.55. The molecule has 2 aromatic heterocycles. The van der Waals surface area contributed by atoms with Crippen molar-refractivity contribution in [2.24, 2.45) is 0 Å². The number of carbonyl (C=O) groups excluding carboxylic acids is 1. The third-order valence-electron chi connectivity index (χ3n) is 1.36. The lowest BCUT2D eigenvalue weighted by atomic mass is 10.4. The van der Waals surface area contributed by atoms with Gasteiger partial charge < -0.3 is 0 Å². The Kier molecular flexibility index (Phi) is 1.58. The first-order valence-electron chi connectivity index (χ1n) is 3.28. The van der Waals surface area contributed by atoms with Crippen LogP contribution < -0.4 is 0 Å². The maximum Gasteiger partial charge on any atom is 0.197 e. The molecule has 0 spiro atoms. The molecule has 0 atom stereocenters. The summed E-state index contributed by atoms with van der Waals surface area (Å²) in [6.07, 6.45) is 1.59. The Balaban J connectivity index is 2.68. The van der Waals surface area contributed by atoms with E-state index < -0.39 is 0 Å². The van der Waals surface area contributed by atoms with Gasteiger partial charge in [-0.25, -0.2) is 15.0 Å². The maximum absolute atomic E-state index is 10.9. The summed E-state index contributed by atoms with van der Waals surface area (Å²) in [6, 6.07) is 0. The van der Waals surface area contributed by atoms with E-state index in [9.17, 15) is 4.79 Å². The van der Waals surface area contributed by atoms with Crippen molar-refractivity contribution in [3.8, 4) is 0 Å². The highest BCUT2D eigenvalue weighted by Gasteiger charge is 2.05. The number of rotatable bonds is 1. The van der Waals surface area contributed by atoms with E-state index in [1.54, 1.807) is 6.20 Å². The minimum absolute atomic E-state index is 0.148.